The predicted molar refractivity (Wildman–Crippen MR) is 70.9 cm³/mol. The molecule has 0 radical (unpaired) electrons. The van der Waals surface area contributed by atoms with Gasteiger partial charge < -0.3 is 4.74 Å². The van der Waals surface area contributed by atoms with Crippen LogP contribution in [0.25, 0.3) is 0 Å². The van der Waals surface area contributed by atoms with Crippen molar-refractivity contribution in [1.82, 2.24) is 4.98 Å². The lowest BCUT2D eigenvalue weighted by molar-refractivity contribution is 0.417. The average molecular weight is 305 g/mol. The van der Waals surface area contributed by atoms with Gasteiger partial charge in [-0.25, -0.2) is 13.4 Å². The Bertz CT molecular complexity index is 655. The Kier molecular flexibility index (Phi) is 3.74. The number of anilines is 1. The minimum absolute atomic E-state index is 0.0541. The molecule has 0 unspecified atom stereocenters. The van der Waals surface area contributed by atoms with Gasteiger partial charge in [0.1, 0.15) is 5.75 Å². The number of nitrogens with one attached hydrogen (secondary N) is 1. The van der Waals surface area contributed by atoms with Gasteiger partial charge in [-0.2, -0.15) is 0 Å². The summed E-state index contributed by atoms with van der Waals surface area (Å²) in [5.74, 6) is 0.441. The summed E-state index contributed by atoms with van der Waals surface area (Å²) in [5, 5.41) is 0. The van der Waals surface area contributed by atoms with Crippen LogP contribution in [0.5, 0.6) is 5.75 Å². The van der Waals surface area contributed by atoms with Crippen molar-refractivity contribution in [3.63, 3.8) is 0 Å². The number of rotatable bonds is 4. The van der Waals surface area contributed by atoms with Crippen LogP contribution in [0.4, 0.5) is 5.69 Å². The molecule has 0 saturated heterocycles. The molecule has 0 aliphatic carbocycles. The van der Waals surface area contributed by atoms with E-state index in [1.807, 2.05) is 0 Å². The molecule has 1 heterocycles. The molecule has 2 rings (SSSR count). The fraction of sp³-hybridized carbons (Fsp3) is 0.100. The van der Waals surface area contributed by atoms with Crippen LogP contribution in [0, 0.1) is 0 Å². The Morgan fingerprint density at radius 3 is 2.72 bits per heavy atom. The lowest BCUT2D eigenvalue weighted by Gasteiger charge is -2.09. The zero-order valence-electron chi connectivity index (χ0n) is 9.25. The highest BCUT2D eigenvalue weighted by Gasteiger charge is 2.19. The second-order valence-electron chi connectivity index (χ2n) is 3.24. The Labute approximate surface area is 113 Å². The molecule has 0 saturated carbocycles. The summed E-state index contributed by atoms with van der Waals surface area (Å²) in [6.07, 6.45) is 1.21. The first-order chi connectivity index (χ1) is 8.53. The van der Waals surface area contributed by atoms with E-state index in [-0.39, 0.29) is 8.68 Å². The van der Waals surface area contributed by atoms with Crippen LogP contribution in [-0.4, -0.2) is 20.5 Å². The molecule has 5 nitrogen and oxygen atoms in total. The van der Waals surface area contributed by atoms with Crippen LogP contribution in [0.1, 0.15) is 0 Å². The Morgan fingerprint density at radius 1 is 1.39 bits per heavy atom. The highest BCUT2D eigenvalue weighted by Crippen LogP contribution is 2.28. The zero-order chi connectivity index (χ0) is 13.2. The monoisotopic (exact) mass is 304 g/mol. The van der Waals surface area contributed by atoms with E-state index in [9.17, 15) is 8.42 Å². The summed E-state index contributed by atoms with van der Waals surface area (Å²) in [5.41, 5.74) is 0.365. The van der Waals surface area contributed by atoms with Gasteiger partial charge in [0, 0.05) is 0 Å². The summed E-state index contributed by atoms with van der Waals surface area (Å²) in [4.78, 5) is 3.70. The first-order valence-corrected chi connectivity index (χ1v) is 7.48. The van der Waals surface area contributed by atoms with Crippen molar-refractivity contribution in [3.8, 4) is 5.75 Å². The minimum atomic E-state index is -3.68. The number of halogens is 1. The maximum atomic E-state index is 12.0. The van der Waals surface area contributed by atoms with Crippen LogP contribution in [0.15, 0.2) is 34.7 Å². The van der Waals surface area contributed by atoms with E-state index in [0.29, 0.717) is 11.4 Å². The number of sulfonamides is 1. The topological polar surface area (TPSA) is 68.3 Å². The number of methoxy groups -OCH3 is 1. The Hall–Kier alpha value is -1.31. The number of hydrogen-bond acceptors (Lipinski definition) is 5. The Balaban J connectivity index is 2.33. The summed E-state index contributed by atoms with van der Waals surface area (Å²) >= 11 is 6.51. The summed E-state index contributed by atoms with van der Waals surface area (Å²) in [7, 11) is -2.21. The third kappa shape index (κ3) is 2.74. The summed E-state index contributed by atoms with van der Waals surface area (Å²) in [6.45, 7) is 0. The molecule has 0 aliphatic rings. The van der Waals surface area contributed by atoms with Crippen molar-refractivity contribution < 1.29 is 13.2 Å². The molecule has 2 aromatic rings. The second-order valence-corrected chi connectivity index (χ2v) is 6.76. The molecule has 0 bridgehead atoms. The molecular weight excluding hydrogens is 296 g/mol. The SMILES string of the molecule is COc1ccccc1NS(=O)(=O)c1cnc(Cl)s1. The van der Waals surface area contributed by atoms with Crippen molar-refractivity contribution in [1.29, 1.82) is 0 Å². The molecule has 18 heavy (non-hydrogen) atoms. The largest absolute Gasteiger partial charge is 0.495 e. The molecule has 0 aliphatic heterocycles. The van der Waals surface area contributed by atoms with Gasteiger partial charge in [-0.05, 0) is 12.1 Å². The van der Waals surface area contributed by atoms with Crippen LogP contribution in [0.2, 0.25) is 4.47 Å². The molecule has 1 aromatic heterocycles. The minimum Gasteiger partial charge on any atom is -0.495 e. The number of ether oxygens (including phenoxy) is 1. The smallest absolute Gasteiger partial charge is 0.273 e. The lowest BCUT2D eigenvalue weighted by atomic mass is 10.3. The van der Waals surface area contributed by atoms with Crippen LogP contribution in [-0.2, 0) is 10.0 Å². The molecule has 0 amide bonds. The van der Waals surface area contributed by atoms with Gasteiger partial charge in [-0.15, -0.1) is 0 Å². The summed E-state index contributed by atoms with van der Waals surface area (Å²) in [6, 6.07) is 6.73. The van der Waals surface area contributed by atoms with Gasteiger partial charge in [0.2, 0.25) is 0 Å². The summed E-state index contributed by atoms with van der Waals surface area (Å²) < 4.78 is 31.8. The predicted octanol–water partition coefficient (Wildman–Crippen LogP) is 2.61. The fourth-order valence-electron chi connectivity index (χ4n) is 1.29. The average Bonchev–Trinajstić information content (AvgIpc) is 2.77. The third-order valence-electron chi connectivity index (χ3n) is 2.07. The van der Waals surface area contributed by atoms with E-state index >= 15 is 0 Å². The normalized spacial score (nSPS) is 11.2. The zero-order valence-corrected chi connectivity index (χ0v) is 11.6. The number of hydrogen-bond donors (Lipinski definition) is 1. The lowest BCUT2D eigenvalue weighted by Crippen LogP contribution is -2.12. The first-order valence-electron chi connectivity index (χ1n) is 4.80. The van der Waals surface area contributed by atoms with Gasteiger partial charge in [-0.1, -0.05) is 35.1 Å². The molecule has 0 atom stereocenters. The van der Waals surface area contributed by atoms with E-state index in [1.165, 1.54) is 13.3 Å². The maximum absolute atomic E-state index is 12.0. The van der Waals surface area contributed by atoms with Gasteiger partial charge in [0.15, 0.2) is 8.68 Å². The van der Waals surface area contributed by atoms with Crippen molar-refractivity contribution in [2.75, 3.05) is 11.8 Å². The fourth-order valence-corrected chi connectivity index (χ4v) is 3.65. The van der Waals surface area contributed by atoms with E-state index in [1.54, 1.807) is 24.3 Å². The highest BCUT2D eigenvalue weighted by molar-refractivity contribution is 7.94. The van der Waals surface area contributed by atoms with Gasteiger partial charge in [-0.3, -0.25) is 4.72 Å². The van der Waals surface area contributed by atoms with Gasteiger partial charge >= 0.3 is 0 Å². The van der Waals surface area contributed by atoms with Crippen LogP contribution < -0.4 is 9.46 Å². The number of para-hydroxylation sites is 2. The molecular formula is C10H9ClN2O3S2. The first kappa shape index (κ1) is 13.1. The van der Waals surface area contributed by atoms with Crippen molar-refractivity contribution in [2.45, 2.75) is 4.21 Å². The van der Waals surface area contributed by atoms with Crippen LogP contribution >= 0.6 is 22.9 Å². The van der Waals surface area contributed by atoms with E-state index in [0.717, 1.165) is 11.3 Å². The quantitative estimate of drug-likeness (QED) is 0.942. The van der Waals surface area contributed by atoms with E-state index in [4.69, 9.17) is 16.3 Å². The molecule has 1 N–H and O–H groups in total. The van der Waals surface area contributed by atoms with Gasteiger partial charge in [0.05, 0.1) is 19.0 Å². The maximum Gasteiger partial charge on any atom is 0.273 e. The van der Waals surface area contributed by atoms with Crippen molar-refractivity contribution in [2.24, 2.45) is 0 Å². The molecule has 8 heteroatoms. The molecule has 96 valence electrons. The molecule has 0 fully saturated rings. The number of aromatic nitrogens is 1. The second kappa shape index (κ2) is 5.13. The molecule has 1 aromatic carbocycles. The third-order valence-corrected chi connectivity index (χ3v) is 5.01. The van der Waals surface area contributed by atoms with Crippen molar-refractivity contribution >= 4 is 38.6 Å². The number of nitrogens with zero attached hydrogens (tertiary/aromatic N) is 1. The van der Waals surface area contributed by atoms with E-state index < -0.39 is 10.0 Å². The number of thiazole rings is 1. The number of benzene rings is 1. The van der Waals surface area contributed by atoms with Crippen molar-refractivity contribution in [3.05, 3.63) is 34.9 Å². The van der Waals surface area contributed by atoms with Crippen LogP contribution in [0.3, 0.4) is 0 Å². The highest BCUT2D eigenvalue weighted by atomic mass is 35.5. The van der Waals surface area contributed by atoms with Gasteiger partial charge in [0.25, 0.3) is 10.0 Å². The molecule has 0 spiro atoms. The Morgan fingerprint density at radius 2 is 2.11 bits per heavy atom. The van der Waals surface area contributed by atoms with E-state index in [2.05, 4.69) is 9.71 Å². The standard InChI is InChI=1S/C10H9ClN2O3S2/c1-16-8-5-3-2-4-7(8)13-18(14,15)9-6-12-10(11)17-9/h2-6,13H,1H3.